The number of amides is 3. The Kier molecular flexibility index (Phi) is 13.3. The highest BCUT2D eigenvalue weighted by Crippen LogP contribution is 2.24. The van der Waals surface area contributed by atoms with Gasteiger partial charge in [0, 0.05) is 38.9 Å². The number of urea groups is 1. The number of nitrogens with one attached hydrogen (secondary N) is 1. The van der Waals surface area contributed by atoms with Crippen LogP contribution in [0.25, 0.3) is 0 Å². The van der Waals surface area contributed by atoms with Crippen LogP contribution in [0.15, 0.2) is 83.1 Å². The maximum Gasteiger partial charge on any atom is 0.321 e. The summed E-state index contributed by atoms with van der Waals surface area (Å²) >= 11 is 0. The zero-order chi connectivity index (χ0) is 35.6. The van der Waals surface area contributed by atoms with Crippen molar-refractivity contribution in [1.82, 2.24) is 29.6 Å². The Balaban J connectivity index is 1.59. The molecule has 1 saturated heterocycles. The highest BCUT2D eigenvalue weighted by Gasteiger charge is 2.41. The lowest BCUT2D eigenvalue weighted by atomic mass is 9.95. The van der Waals surface area contributed by atoms with E-state index in [1.807, 2.05) is 58.0 Å². The first kappa shape index (κ1) is 37.5. The predicted molar refractivity (Wildman–Crippen MR) is 185 cm³/mol. The van der Waals surface area contributed by atoms with Crippen LogP contribution in [0.1, 0.15) is 50.8 Å². The average Bonchev–Trinajstić information content (AvgIpc) is 3.43. The average molecular weight is 694 g/mol. The molecule has 4 rings (SSSR count). The van der Waals surface area contributed by atoms with Gasteiger partial charge in [-0.05, 0) is 53.1 Å². The molecule has 1 aliphatic rings. The molecule has 2 aromatic carbocycles. The van der Waals surface area contributed by atoms with E-state index in [0.717, 1.165) is 11.1 Å². The van der Waals surface area contributed by atoms with E-state index in [4.69, 9.17) is 0 Å². The normalized spacial score (nSPS) is 16.1. The Bertz CT molecular complexity index is 1630. The van der Waals surface area contributed by atoms with Crippen molar-refractivity contribution < 1.29 is 23.1 Å². The number of carbonyl (C=O) groups is 2. The van der Waals surface area contributed by atoms with Crippen LogP contribution in [0.5, 0.6) is 0 Å². The number of rotatable bonds is 18. The van der Waals surface area contributed by atoms with E-state index < -0.39 is 34.1 Å². The molecule has 2 N–H and O–H groups in total. The van der Waals surface area contributed by atoms with Crippen LogP contribution in [-0.2, 0) is 34.3 Å². The fraction of sp³-hybridized carbons (Fsp3) is 0.486. The van der Waals surface area contributed by atoms with Gasteiger partial charge in [0.2, 0.25) is 15.9 Å². The second-order valence-electron chi connectivity index (χ2n) is 13.0. The van der Waals surface area contributed by atoms with Gasteiger partial charge in [-0.1, -0.05) is 81.8 Å². The van der Waals surface area contributed by atoms with E-state index in [2.05, 4.69) is 20.7 Å². The van der Waals surface area contributed by atoms with Crippen molar-refractivity contribution in [3.8, 4) is 0 Å². The Morgan fingerprint density at radius 2 is 1.69 bits per heavy atom. The lowest BCUT2D eigenvalue weighted by Crippen LogP contribution is -2.57. The number of benzene rings is 2. The Labute approximate surface area is 288 Å². The summed E-state index contributed by atoms with van der Waals surface area (Å²) in [7, 11) is -4.06. The van der Waals surface area contributed by atoms with Crippen LogP contribution in [0, 0.1) is 16.7 Å². The quantitative estimate of drug-likeness (QED) is 0.190. The van der Waals surface area contributed by atoms with Gasteiger partial charge in [0.15, 0.2) is 0 Å². The third-order valence-corrected chi connectivity index (χ3v) is 10.6. The van der Waals surface area contributed by atoms with E-state index >= 15 is 0 Å². The summed E-state index contributed by atoms with van der Waals surface area (Å²) < 4.78 is 29.0. The number of aliphatic hydroxyl groups is 1. The molecule has 0 saturated carbocycles. The molecular weight excluding hydrogens is 646 g/mol. The van der Waals surface area contributed by atoms with Crippen molar-refractivity contribution in [1.29, 1.82) is 0 Å². The fourth-order valence-electron chi connectivity index (χ4n) is 5.99. The summed E-state index contributed by atoms with van der Waals surface area (Å²) in [5.74, 6) is -0.673. The first-order chi connectivity index (χ1) is 23.4. The smallest absolute Gasteiger partial charge is 0.321 e. The molecular formula is C35H47N7O6S. The maximum atomic E-state index is 14.2. The van der Waals surface area contributed by atoms with Crippen molar-refractivity contribution in [2.75, 3.05) is 26.2 Å². The van der Waals surface area contributed by atoms with Gasteiger partial charge in [-0.25, -0.2) is 13.2 Å². The molecule has 0 radical (unpaired) electrons. The molecule has 2 heterocycles. The molecule has 0 bridgehead atoms. The third kappa shape index (κ3) is 9.89. The van der Waals surface area contributed by atoms with Gasteiger partial charge in [0.1, 0.15) is 12.6 Å². The van der Waals surface area contributed by atoms with E-state index in [-0.39, 0.29) is 48.8 Å². The summed E-state index contributed by atoms with van der Waals surface area (Å²) in [5, 5.41) is 25.3. The van der Waals surface area contributed by atoms with Crippen LogP contribution in [0.3, 0.4) is 0 Å². The second-order valence-corrected chi connectivity index (χ2v) is 14.9. The summed E-state index contributed by atoms with van der Waals surface area (Å²) in [6, 6.07) is 15.1. The molecule has 0 spiro atoms. The van der Waals surface area contributed by atoms with E-state index in [0.29, 0.717) is 31.6 Å². The predicted octanol–water partition coefficient (Wildman–Crippen LogP) is 3.83. The summed E-state index contributed by atoms with van der Waals surface area (Å²) in [6.07, 6.45) is 2.74. The number of hydrogen-bond donors (Lipinski definition) is 2. The minimum Gasteiger partial charge on any atom is -0.390 e. The molecule has 14 heteroatoms. The number of sulfonamides is 1. The van der Waals surface area contributed by atoms with Crippen LogP contribution in [0.4, 0.5) is 4.79 Å². The molecule has 4 atom stereocenters. The molecule has 1 aliphatic heterocycles. The van der Waals surface area contributed by atoms with Gasteiger partial charge >= 0.3 is 6.03 Å². The number of aliphatic hydroxyl groups excluding tert-OH is 1. The van der Waals surface area contributed by atoms with Crippen LogP contribution >= 0.6 is 0 Å². The van der Waals surface area contributed by atoms with Crippen molar-refractivity contribution >= 4 is 22.0 Å². The first-order valence-corrected chi connectivity index (χ1v) is 18.1. The molecule has 1 fully saturated rings. The monoisotopic (exact) mass is 693 g/mol. The number of carbonyl (C=O) groups excluding carboxylic acids is 2. The van der Waals surface area contributed by atoms with Crippen LogP contribution < -0.4 is 5.32 Å². The topological polar surface area (TPSA) is 165 Å². The van der Waals surface area contributed by atoms with Gasteiger partial charge in [0.25, 0.3) is 0 Å². The molecule has 3 amide bonds. The van der Waals surface area contributed by atoms with Crippen molar-refractivity contribution in [3.05, 3.63) is 94.7 Å². The van der Waals surface area contributed by atoms with E-state index in [9.17, 15) is 28.0 Å². The van der Waals surface area contributed by atoms with Crippen molar-refractivity contribution in [2.24, 2.45) is 17.0 Å². The van der Waals surface area contributed by atoms with Crippen molar-refractivity contribution in [3.63, 3.8) is 0 Å². The fourth-order valence-corrected chi connectivity index (χ4v) is 7.61. The molecule has 3 aromatic rings. The summed E-state index contributed by atoms with van der Waals surface area (Å²) in [4.78, 5) is 41.8. The zero-order valence-electron chi connectivity index (χ0n) is 28.6. The van der Waals surface area contributed by atoms with Gasteiger partial charge in [-0.15, -0.1) is 0 Å². The van der Waals surface area contributed by atoms with Crippen LogP contribution in [0.2, 0.25) is 0 Å². The Hall–Kier alpha value is -4.27. The standard InChI is InChI=1S/C35H47N7O6S/c1-5-26(4)33(42-18-17-40(35(42)45)23-29-15-16-36-37-20-29)34(44)39-31(19-27-9-7-6-8-10-27)32(43)24-41(22-25(2)3)49(47,48)30-13-11-28(12-14-30)21-38-46/h6-16,20,25-26,31-33,43H,5,17-19,21-24H2,1-4H3,(H,39,44)/t26-,31-,32+,33-/m0/s1. The number of aromatic nitrogens is 2. The molecule has 0 unspecified atom stereocenters. The molecule has 13 nitrogen and oxygen atoms in total. The second kappa shape index (κ2) is 17.4. The van der Waals surface area contributed by atoms with Gasteiger partial charge in [0.05, 0.1) is 23.2 Å². The van der Waals surface area contributed by atoms with Gasteiger partial charge < -0.3 is 20.2 Å². The van der Waals surface area contributed by atoms with Crippen molar-refractivity contribution in [2.45, 2.75) is 76.7 Å². The number of hydrogen-bond acceptors (Lipinski definition) is 9. The summed E-state index contributed by atoms with van der Waals surface area (Å²) in [6.45, 7) is 8.55. The summed E-state index contributed by atoms with van der Waals surface area (Å²) in [5.41, 5.74) is 2.26. The SMILES string of the molecule is CC[C@H](C)[C@@H](C(=O)N[C@@H](Cc1ccccc1)[C@H](O)CN(CC(C)C)S(=O)(=O)c1ccc(CN=O)cc1)N1CCN(Cc2ccnnc2)C1=O. The Morgan fingerprint density at radius 3 is 2.31 bits per heavy atom. The maximum absolute atomic E-state index is 14.2. The zero-order valence-corrected chi connectivity index (χ0v) is 29.4. The lowest BCUT2D eigenvalue weighted by molar-refractivity contribution is -0.128. The largest absolute Gasteiger partial charge is 0.390 e. The van der Waals surface area contributed by atoms with E-state index in [1.165, 1.54) is 16.4 Å². The molecule has 49 heavy (non-hydrogen) atoms. The Morgan fingerprint density at radius 1 is 0.980 bits per heavy atom. The minimum absolute atomic E-state index is 0.0233. The number of nitroso groups, excluding NO2 is 1. The number of nitrogens with zero attached hydrogens (tertiary/aromatic N) is 6. The molecule has 1 aromatic heterocycles. The van der Waals surface area contributed by atoms with Gasteiger partial charge in [-0.3, -0.25) is 4.79 Å². The van der Waals surface area contributed by atoms with E-state index in [1.54, 1.807) is 40.4 Å². The minimum atomic E-state index is -4.06. The highest BCUT2D eigenvalue weighted by atomic mass is 32.2. The molecule has 0 aliphatic carbocycles. The highest BCUT2D eigenvalue weighted by molar-refractivity contribution is 7.89. The lowest BCUT2D eigenvalue weighted by Gasteiger charge is -2.35. The third-order valence-electron chi connectivity index (χ3n) is 8.79. The first-order valence-electron chi connectivity index (χ1n) is 16.7. The van der Waals surface area contributed by atoms with Crippen LogP contribution in [-0.4, -0.2) is 94.1 Å². The van der Waals surface area contributed by atoms with Gasteiger partial charge in [-0.2, -0.15) is 19.4 Å². The molecule has 264 valence electrons.